The van der Waals surface area contributed by atoms with Gasteiger partial charge < -0.3 is 4.74 Å². The lowest BCUT2D eigenvalue weighted by atomic mass is 10.1. The monoisotopic (exact) mass is 424 g/mol. The maximum Gasteiger partial charge on any atom is 0.258 e. The van der Waals surface area contributed by atoms with Crippen molar-refractivity contribution in [2.24, 2.45) is 0 Å². The Bertz CT molecular complexity index is 992. The first-order valence-corrected chi connectivity index (χ1v) is 11.6. The minimum atomic E-state index is -0.121. The van der Waals surface area contributed by atoms with Crippen LogP contribution in [-0.4, -0.2) is 29.4 Å². The fourth-order valence-corrected chi connectivity index (χ4v) is 5.28. The summed E-state index contributed by atoms with van der Waals surface area (Å²) in [6.45, 7) is 4.95. The van der Waals surface area contributed by atoms with E-state index >= 15 is 0 Å². The molecule has 4 rings (SSSR count). The number of carbonyl (C=O) groups excluding carboxylic acids is 1. The van der Waals surface area contributed by atoms with Crippen molar-refractivity contribution < 1.29 is 9.53 Å². The van der Waals surface area contributed by atoms with Gasteiger partial charge in [-0.25, -0.2) is 4.98 Å². The highest BCUT2D eigenvalue weighted by Gasteiger charge is 2.19. The van der Waals surface area contributed by atoms with Gasteiger partial charge in [-0.15, -0.1) is 23.1 Å². The minimum Gasteiger partial charge on any atom is -0.377 e. The van der Waals surface area contributed by atoms with E-state index in [0.29, 0.717) is 10.7 Å². The van der Waals surface area contributed by atoms with Gasteiger partial charge >= 0.3 is 0 Å². The van der Waals surface area contributed by atoms with Gasteiger partial charge in [-0.2, -0.15) is 0 Å². The summed E-state index contributed by atoms with van der Waals surface area (Å²) in [4.78, 5) is 19.7. The zero-order chi connectivity index (χ0) is 20.2. The van der Waals surface area contributed by atoms with Crippen LogP contribution in [-0.2, 0) is 4.74 Å². The van der Waals surface area contributed by atoms with Gasteiger partial charge in [-0.05, 0) is 38.8 Å². The number of hydrogen-bond acceptors (Lipinski definition) is 5. The first-order valence-electron chi connectivity index (χ1n) is 9.79. The number of thiazole rings is 1. The maximum absolute atomic E-state index is 12.9. The summed E-state index contributed by atoms with van der Waals surface area (Å²) in [5.41, 5.74) is 3.89. The fourth-order valence-electron chi connectivity index (χ4n) is 3.33. The molecular formula is C23H24N2O2S2. The van der Waals surface area contributed by atoms with E-state index in [1.165, 1.54) is 16.9 Å². The van der Waals surface area contributed by atoms with Gasteiger partial charge in [0.25, 0.3) is 5.91 Å². The Morgan fingerprint density at radius 2 is 2.00 bits per heavy atom. The van der Waals surface area contributed by atoms with E-state index in [1.807, 2.05) is 31.2 Å². The molecule has 0 radical (unpaired) electrons. The molecule has 1 fully saturated rings. The second-order valence-corrected chi connectivity index (χ2v) is 9.45. The number of thioether (sulfide) groups is 1. The molecule has 0 saturated carbocycles. The molecular weight excluding hydrogens is 400 g/mol. The lowest BCUT2D eigenvalue weighted by Gasteiger charge is -2.11. The summed E-state index contributed by atoms with van der Waals surface area (Å²) in [5, 5.41) is 3.62. The second kappa shape index (κ2) is 9.11. The van der Waals surface area contributed by atoms with Crippen molar-refractivity contribution in [2.75, 3.05) is 17.7 Å². The van der Waals surface area contributed by atoms with Crippen LogP contribution in [0.1, 0.15) is 33.6 Å². The molecule has 150 valence electrons. The number of aromatic nitrogens is 1. The normalized spacial score (nSPS) is 16.1. The van der Waals surface area contributed by atoms with E-state index in [9.17, 15) is 4.79 Å². The zero-order valence-electron chi connectivity index (χ0n) is 16.6. The summed E-state index contributed by atoms with van der Waals surface area (Å²) in [6.07, 6.45) is 2.51. The average molecular weight is 425 g/mol. The van der Waals surface area contributed by atoms with Gasteiger partial charge in [0.05, 0.1) is 17.4 Å². The summed E-state index contributed by atoms with van der Waals surface area (Å²) in [6, 6.07) is 16.0. The number of anilines is 1. The van der Waals surface area contributed by atoms with Crippen molar-refractivity contribution in [3.63, 3.8) is 0 Å². The molecule has 1 N–H and O–H groups in total. The third-order valence-electron chi connectivity index (χ3n) is 4.92. The molecule has 3 aromatic rings. The topological polar surface area (TPSA) is 51.2 Å². The highest BCUT2D eigenvalue weighted by atomic mass is 32.2. The number of amides is 1. The molecule has 29 heavy (non-hydrogen) atoms. The number of benzene rings is 2. The van der Waals surface area contributed by atoms with Crippen LogP contribution in [0.2, 0.25) is 0 Å². The smallest absolute Gasteiger partial charge is 0.258 e. The van der Waals surface area contributed by atoms with Crippen LogP contribution in [0.25, 0.3) is 11.3 Å². The van der Waals surface area contributed by atoms with Crippen LogP contribution < -0.4 is 5.32 Å². The van der Waals surface area contributed by atoms with Crippen LogP contribution >= 0.6 is 23.1 Å². The number of aryl methyl sites for hydroxylation is 2. The van der Waals surface area contributed by atoms with Gasteiger partial charge in [0, 0.05) is 27.7 Å². The van der Waals surface area contributed by atoms with Crippen LogP contribution in [0.4, 0.5) is 5.13 Å². The Kier molecular flexibility index (Phi) is 6.33. The van der Waals surface area contributed by atoms with Crippen molar-refractivity contribution in [1.82, 2.24) is 4.98 Å². The standard InChI is InChI=1S/C23H24N2O2S2/c1-15-9-11-17(12-10-15)21-16(2)29-23(24-21)25-22(26)19-7-3-4-8-20(19)28-14-18-6-5-13-27-18/h3-4,7-12,18H,5-6,13-14H2,1-2H3,(H,24,25,26). The second-order valence-electron chi connectivity index (χ2n) is 7.19. The molecule has 1 amide bonds. The van der Waals surface area contributed by atoms with Crippen LogP contribution in [0.3, 0.4) is 0 Å². The fraction of sp³-hybridized carbons (Fsp3) is 0.304. The maximum atomic E-state index is 12.9. The average Bonchev–Trinajstić information content (AvgIpc) is 3.37. The predicted octanol–water partition coefficient (Wildman–Crippen LogP) is 5.95. The SMILES string of the molecule is Cc1ccc(-c2nc(NC(=O)c3ccccc3SCC3CCCO3)sc2C)cc1. The predicted molar refractivity (Wildman–Crippen MR) is 121 cm³/mol. The van der Waals surface area contributed by atoms with E-state index in [2.05, 4.69) is 41.5 Å². The number of ether oxygens (including phenoxy) is 1. The number of hydrogen-bond donors (Lipinski definition) is 1. The van der Waals surface area contributed by atoms with Gasteiger partial charge in [0.1, 0.15) is 0 Å². The third-order valence-corrected chi connectivity index (χ3v) is 7.01. The number of rotatable bonds is 6. The molecule has 0 aliphatic carbocycles. The van der Waals surface area contributed by atoms with Crippen LogP contribution in [0.5, 0.6) is 0 Å². The lowest BCUT2D eigenvalue weighted by molar-refractivity contribution is 0.102. The summed E-state index contributed by atoms with van der Waals surface area (Å²) in [5.74, 6) is 0.753. The Hall–Kier alpha value is -2.15. The number of carbonyl (C=O) groups is 1. The molecule has 1 aliphatic heterocycles. The van der Waals surface area contributed by atoms with Gasteiger partial charge in [-0.3, -0.25) is 10.1 Å². The van der Waals surface area contributed by atoms with Crippen molar-refractivity contribution in [3.8, 4) is 11.3 Å². The van der Waals surface area contributed by atoms with E-state index in [1.54, 1.807) is 11.8 Å². The molecule has 1 aromatic heterocycles. The van der Waals surface area contributed by atoms with Gasteiger partial charge in [0.15, 0.2) is 5.13 Å². The summed E-state index contributed by atoms with van der Waals surface area (Å²) in [7, 11) is 0. The number of nitrogens with zero attached hydrogens (tertiary/aromatic N) is 1. The first kappa shape index (κ1) is 20.1. The van der Waals surface area contributed by atoms with Crippen molar-refractivity contribution in [3.05, 3.63) is 64.5 Å². The molecule has 2 aromatic carbocycles. The Balaban J connectivity index is 1.48. The van der Waals surface area contributed by atoms with E-state index in [0.717, 1.165) is 46.2 Å². The Morgan fingerprint density at radius 1 is 1.21 bits per heavy atom. The molecule has 4 nitrogen and oxygen atoms in total. The van der Waals surface area contributed by atoms with E-state index < -0.39 is 0 Å². The first-order chi connectivity index (χ1) is 14.1. The summed E-state index contributed by atoms with van der Waals surface area (Å²) < 4.78 is 5.71. The molecule has 1 unspecified atom stereocenters. The molecule has 6 heteroatoms. The highest BCUT2D eigenvalue weighted by molar-refractivity contribution is 7.99. The molecule has 1 aliphatic rings. The molecule has 0 bridgehead atoms. The lowest BCUT2D eigenvalue weighted by Crippen LogP contribution is -2.14. The van der Waals surface area contributed by atoms with Crippen LogP contribution in [0, 0.1) is 13.8 Å². The van der Waals surface area contributed by atoms with Crippen molar-refractivity contribution >= 4 is 34.1 Å². The third kappa shape index (κ3) is 4.89. The molecule has 1 saturated heterocycles. The van der Waals surface area contributed by atoms with Crippen molar-refractivity contribution in [2.45, 2.75) is 37.7 Å². The van der Waals surface area contributed by atoms with Crippen molar-refractivity contribution in [1.29, 1.82) is 0 Å². The minimum absolute atomic E-state index is 0.121. The highest BCUT2D eigenvalue weighted by Crippen LogP contribution is 2.32. The summed E-state index contributed by atoms with van der Waals surface area (Å²) >= 11 is 3.19. The Morgan fingerprint density at radius 3 is 2.76 bits per heavy atom. The molecule has 0 spiro atoms. The van der Waals surface area contributed by atoms with Crippen LogP contribution in [0.15, 0.2) is 53.4 Å². The molecule has 2 heterocycles. The molecule has 1 atom stereocenters. The van der Waals surface area contributed by atoms with E-state index in [4.69, 9.17) is 4.74 Å². The largest absolute Gasteiger partial charge is 0.377 e. The van der Waals surface area contributed by atoms with E-state index in [-0.39, 0.29) is 12.0 Å². The zero-order valence-corrected chi connectivity index (χ0v) is 18.2. The number of nitrogens with one attached hydrogen (secondary N) is 1. The van der Waals surface area contributed by atoms with Gasteiger partial charge in [0.2, 0.25) is 0 Å². The van der Waals surface area contributed by atoms with Gasteiger partial charge in [-0.1, -0.05) is 42.0 Å². The quantitative estimate of drug-likeness (QED) is 0.497. The Labute approximate surface area is 179 Å².